The fraction of sp³-hybridized carbons (Fsp3) is 0.650. The molecule has 1 aromatic carbocycles. The molecule has 0 aliphatic carbocycles. The van der Waals surface area contributed by atoms with Gasteiger partial charge in [0.2, 0.25) is 0 Å². The van der Waals surface area contributed by atoms with Crippen LogP contribution in [0.15, 0.2) is 23.2 Å². The quantitative estimate of drug-likeness (QED) is 0.203. The molecule has 0 spiro atoms. The third kappa shape index (κ3) is 12.1. The zero-order chi connectivity index (χ0) is 19.2. The highest BCUT2D eigenvalue weighted by molar-refractivity contribution is 14.0. The number of aliphatic imine (C=N–C) groups is 1. The van der Waals surface area contributed by atoms with Crippen molar-refractivity contribution in [1.29, 1.82) is 0 Å². The van der Waals surface area contributed by atoms with E-state index in [1.54, 1.807) is 0 Å². The molecule has 0 aliphatic heterocycles. The molecule has 27 heavy (non-hydrogen) atoms. The van der Waals surface area contributed by atoms with Gasteiger partial charge in [0.1, 0.15) is 12.4 Å². The van der Waals surface area contributed by atoms with Gasteiger partial charge in [-0.3, -0.25) is 0 Å². The van der Waals surface area contributed by atoms with E-state index in [0.29, 0.717) is 26.4 Å². The number of nitrogens with one attached hydrogen (secondary N) is 2. The van der Waals surface area contributed by atoms with E-state index in [-0.39, 0.29) is 24.0 Å². The summed E-state index contributed by atoms with van der Waals surface area (Å²) in [5.41, 5.74) is 2.26. The van der Waals surface area contributed by atoms with Crippen molar-refractivity contribution in [2.75, 3.05) is 53.6 Å². The minimum Gasteiger partial charge on any atom is -0.491 e. The number of hydrogen-bond acceptors (Lipinski definition) is 4. The minimum absolute atomic E-state index is 0. The molecule has 7 heteroatoms. The highest BCUT2D eigenvalue weighted by atomic mass is 127. The monoisotopic (exact) mass is 492 g/mol. The summed E-state index contributed by atoms with van der Waals surface area (Å²) in [6, 6.07) is 6.25. The maximum atomic E-state index is 5.90. The summed E-state index contributed by atoms with van der Waals surface area (Å²) in [7, 11) is 4.17. The van der Waals surface area contributed by atoms with Crippen LogP contribution in [0.1, 0.15) is 31.4 Å². The number of halogens is 1. The first kappa shape index (κ1) is 25.9. The highest BCUT2D eigenvalue weighted by Crippen LogP contribution is 2.21. The molecular weight excluding hydrogens is 455 g/mol. The number of rotatable bonds is 12. The van der Waals surface area contributed by atoms with Crippen molar-refractivity contribution < 1.29 is 9.47 Å². The number of nitrogens with zero attached hydrogens (tertiary/aromatic N) is 2. The molecule has 1 aromatic rings. The van der Waals surface area contributed by atoms with Crippen LogP contribution < -0.4 is 15.4 Å². The van der Waals surface area contributed by atoms with E-state index >= 15 is 0 Å². The first-order valence-corrected chi connectivity index (χ1v) is 9.53. The zero-order valence-electron chi connectivity index (χ0n) is 17.5. The molecule has 0 radical (unpaired) electrons. The van der Waals surface area contributed by atoms with Crippen molar-refractivity contribution in [2.45, 2.75) is 33.7 Å². The van der Waals surface area contributed by atoms with E-state index in [4.69, 9.17) is 14.5 Å². The topological polar surface area (TPSA) is 58.1 Å². The lowest BCUT2D eigenvalue weighted by molar-refractivity contribution is 0.110. The number of ether oxygens (including phenoxy) is 2. The Balaban J connectivity index is 0.00000676. The molecule has 0 fully saturated rings. The Labute approximate surface area is 182 Å². The minimum atomic E-state index is 0. The van der Waals surface area contributed by atoms with Gasteiger partial charge in [0, 0.05) is 25.3 Å². The molecule has 2 N–H and O–H groups in total. The highest BCUT2D eigenvalue weighted by Gasteiger charge is 2.05. The summed E-state index contributed by atoms with van der Waals surface area (Å²) in [4.78, 5) is 6.89. The fourth-order valence-corrected chi connectivity index (χ4v) is 2.39. The fourth-order valence-electron chi connectivity index (χ4n) is 2.39. The van der Waals surface area contributed by atoms with Gasteiger partial charge in [0.15, 0.2) is 5.96 Å². The third-order valence-corrected chi connectivity index (χ3v) is 3.74. The van der Waals surface area contributed by atoms with Gasteiger partial charge in [-0.25, -0.2) is 4.99 Å². The van der Waals surface area contributed by atoms with E-state index in [1.165, 1.54) is 5.56 Å². The third-order valence-electron chi connectivity index (χ3n) is 3.74. The maximum absolute atomic E-state index is 5.90. The molecule has 0 unspecified atom stereocenters. The van der Waals surface area contributed by atoms with Crippen molar-refractivity contribution in [2.24, 2.45) is 4.99 Å². The van der Waals surface area contributed by atoms with Crippen LogP contribution in [-0.4, -0.2) is 64.4 Å². The average Bonchev–Trinajstić information content (AvgIpc) is 2.61. The van der Waals surface area contributed by atoms with Crippen LogP contribution in [0.3, 0.4) is 0 Å². The lowest BCUT2D eigenvalue weighted by Crippen LogP contribution is -2.38. The smallest absolute Gasteiger partial charge is 0.191 e. The van der Waals surface area contributed by atoms with Crippen molar-refractivity contribution >= 4 is 29.9 Å². The molecule has 0 aliphatic rings. The molecule has 0 saturated heterocycles. The van der Waals surface area contributed by atoms with E-state index in [0.717, 1.165) is 43.3 Å². The van der Waals surface area contributed by atoms with E-state index in [9.17, 15) is 0 Å². The van der Waals surface area contributed by atoms with Crippen molar-refractivity contribution in [1.82, 2.24) is 15.5 Å². The van der Waals surface area contributed by atoms with Crippen LogP contribution in [0, 0.1) is 6.92 Å². The first-order valence-electron chi connectivity index (χ1n) is 9.53. The largest absolute Gasteiger partial charge is 0.491 e. The molecular formula is C20H37IN4O2. The Morgan fingerprint density at radius 2 is 1.93 bits per heavy atom. The molecule has 6 nitrogen and oxygen atoms in total. The van der Waals surface area contributed by atoms with Crippen molar-refractivity contribution in [3.63, 3.8) is 0 Å². The van der Waals surface area contributed by atoms with Crippen LogP contribution >= 0.6 is 24.0 Å². The van der Waals surface area contributed by atoms with Gasteiger partial charge in [0.05, 0.1) is 13.2 Å². The predicted molar refractivity (Wildman–Crippen MR) is 125 cm³/mol. The van der Waals surface area contributed by atoms with Gasteiger partial charge in [-0.15, -0.1) is 24.0 Å². The Bertz CT molecular complexity index is 539. The van der Waals surface area contributed by atoms with Crippen LogP contribution in [0.2, 0.25) is 0 Å². The number of hydrogen-bond donors (Lipinski definition) is 2. The average molecular weight is 492 g/mol. The molecule has 0 bridgehead atoms. The lowest BCUT2D eigenvalue weighted by atomic mass is 10.1. The molecule has 0 heterocycles. The van der Waals surface area contributed by atoms with E-state index in [1.807, 2.05) is 6.92 Å². The SMILES string of the molecule is CCNC(=NCc1ccc(C)cc1OCCOCC)NCCCN(C)C.I. The number of guanidine groups is 1. The summed E-state index contributed by atoms with van der Waals surface area (Å²) in [6.07, 6.45) is 1.08. The maximum Gasteiger partial charge on any atom is 0.191 e. The normalized spacial score (nSPS) is 11.3. The first-order chi connectivity index (χ1) is 12.6. The predicted octanol–water partition coefficient (Wildman–Crippen LogP) is 3.04. The Kier molecular flexibility index (Phi) is 15.3. The van der Waals surface area contributed by atoms with Crippen molar-refractivity contribution in [3.8, 4) is 5.75 Å². The van der Waals surface area contributed by atoms with Crippen LogP contribution in [0.5, 0.6) is 5.75 Å². The molecule has 0 aromatic heterocycles. The standard InChI is InChI=1S/C20H36N4O2.HI/c1-6-21-20(22-11-8-12-24(4)5)23-16-18-10-9-17(3)15-19(18)26-14-13-25-7-2;/h9-10,15H,6-8,11-14,16H2,1-5H3,(H2,21,22,23);1H. The van der Waals surface area contributed by atoms with Crippen LogP contribution in [-0.2, 0) is 11.3 Å². The molecule has 1 rings (SSSR count). The summed E-state index contributed by atoms with van der Waals surface area (Å²) in [5, 5.41) is 6.68. The zero-order valence-corrected chi connectivity index (χ0v) is 19.8. The van der Waals surface area contributed by atoms with Gasteiger partial charge < -0.3 is 25.0 Å². The summed E-state index contributed by atoms with van der Waals surface area (Å²) >= 11 is 0. The summed E-state index contributed by atoms with van der Waals surface area (Å²) in [5.74, 6) is 1.73. The Hall–Kier alpha value is -1.06. The Morgan fingerprint density at radius 1 is 1.15 bits per heavy atom. The second kappa shape index (κ2) is 15.9. The Morgan fingerprint density at radius 3 is 2.59 bits per heavy atom. The van der Waals surface area contributed by atoms with Gasteiger partial charge in [-0.1, -0.05) is 12.1 Å². The molecule has 0 amide bonds. The summed E-state index contributed by atoms with van der Waals surface area (Å²) in [6.45, 7) is 11.4. The molecule has 0 saturated carbocycles. The van der Waals surface area contributed by atoms with Crippen molar-refractivity contribution in [3.05, 3.63) is 29.3 Å². The number of aryl methyl sites for hydroxylation is 1. The second-order valence-electron chi connectivity index (χ2n) is 6.44. The second-order valence-corrected chi connectivity index (χ2v) is 6.44. The molecule has 156 valence electrons. The van der Waals surface area contributed by atoms with Gasteiger partial charge in [-0.2, -0.15) is 0 Å². The summed E-state index contributed by atoms with van der Waals surface area (Å²) < 4.78 is 11.2. The van der Waals surface area contributed by atoms with Gasteiger partial charge >= 0.3 is 0 Å². The lowest BCUT2D eigenvalue weighted by Gasteiger charge is -2.14. The van der Waals surface area contributed by atoms with Gasteiger partial charge in [-0.05, 0) is 59.5 Å². The van der Waals surface area contributed by atoms with Crippen LogP contribution in [0.25, 0.3) is 0 Å². The van der Waals surface area contributed by atoms with Crippen LogP contribution in [0.4, 0.5) is 0 Å². The number of benzene rings is 1. The van der Waals surface area contributed by atoms with Gasteiger partial charge in [0.25, 0.3) is 0 Å². The van der Waals surface area contributed by atoms with E-state index in [2.05, 4.69) is 61.7 Å². The molecule has 0 atom stereocenters. The van der Waals surface area contributed by atoms with E-state index < -0.39 is 0 Å².